The number of hydrogen-bond donors (Lipinski definition) is 1. The fourth-order valence-electron chi connectivity index (χ4n) is 0.437. The summed E-state index contributed by atoms with van der Waals surface area (Å²) >= 11 is 5.26. The highest BCUT2D eigenvalue weighted by Crippen LogP contribution is 2.17. The lowest BCUT2D eigenvalue weighted by Gasteiger charge is -1.91. The molecule has 0 spiro atoms. The number of rotatable bonds is 0. The average molecular weight is 146 g/mol. The number of aromatic hydroxyl groups is 1. The predicted molar refractivity (Wildman–Crippen MR) is 31.9 cm³/mol. The molecule has 1 aromatic rings. The Kier molecular flexibility index (Phi) is 1.58. The van der Waals surface area contributed by atoms with Gasteiger partial charge in [-0.2, -0.15) is 0 Å². The zero-order valence-electron chi connectivity index (χ0n) is 4.36. The summed E-state index contributed by atoms with van der Waals surface area (Å²) in [7, 11) is 0. The van der Waals surface area contributed by atoms with Gasteiger partial charge in [-0.15, -0.1) is 0 Å². The summed E-state index contributed by atoms with van der Waals surface area (Å²) in [6, 6.07) is 4.40. The van der Waals surface area contributed by atoms with E-state index in [1.54, 1.807) is 0 Å². The first-order valence-electron chi connectivity index (χ1n) is 2.26. The van der Waals surface area contributed by atoms with Gasteiger partial charge in [0.1, 0.15) is 11.6 Å². The maximum atomic E-state index is 12.3. The van der Waals surface area contributed by atoms with E-state index in [0.717, 1.165) is 6.07 Å². The van der Waals surface area contributed by atoms with Gasteiger partial charge in [0, 0.05) is 12.1 Å². The third kappa shape index (κ3) is 1.33. The summed E-state index contributed by atoms with van der Waals surface area (Å²) in [4.78, 5) is 0. The Labute approximate surface area is 56.7 Å². The molecule has 0 bridgehead atoms. The van der Waals surface area contributed by atoms with Crippen molar-refractivity contribution in [2.24, 2.45) is 0 Å². The van der Waals surface area contributed by atoms with E-state index in [2.05, 4.69) is 6.07 Å². The summed E-state index contributed by atoms with van der Waals surface area (Å²) in [5.41, 5.74) is 0. The minimum Gasteiger partial charge on any atom is -0.507 e. The van der Waals surface area contributed by atoms with Crippen LogP contribution in [0.25, 0.3) is 0 Å². The molecule has 0 unspecified atom stereocenters. The van der Waals surface area contributed by atoms with Crippen molar-refractivity contribution in [1.29, 1.82) is 0 Å². The van der Waals surface area contributed by atoms with E-state index in [1.807, 2.05) is 0 Å². The van der Waals surface area contributed by atoms with Crippen molar-refractivity contribution in [2.45, 2.75) is 0 Å². The maximum absolute atomic E-state index is 12.3. The van der Waals surface area contributed by atoms with Gasteiger partial charge in [0.2, 0.25) is 0 Å². The summed E-state index contributed by atoms with van der Waals surface area (Å²) in [6.45, 7) is 0. The van der Waals surface area contributed by atoms with Crippen molar-refractivity contribution in [3.63, 3.8) is 0 Å². The van der Waals surface area contributed by atoms with Gasteiger partial charge >= 0.3 is 0 Å². The summed E-state index contributed by atoms with van der Waals surface area (Å²) in [5.74, 6) is -0.871. The van der Waals surface area contributed by atoms with E-state index >= 15 is 0 Å². The fraction of sp³-hybridized carbons (Fsp3) is 0. The van der Waals surface area contributed by atoms with Crippen molar-refractivity contribution in [3.05, 3.63) is 29.0 Å². The quantitative estimate of drug-likeness (QED) is 0.592. The molecule has 47 valence electrons. The number of hydrogen-bond acceptors (Lipinski definition) is 1. The first-order chi connectivity index (χ1) is 4.20. The molecule has 0 atom stereocenters. The number of halogens is 2. The number of benzene rings is 1. The molecule has 0 aromatic heterocycles. The Morgan fingerprint density at radius 3 is 2.78 bits per heavy atom. The van der Waals surface area contributed by atoms with Crippen LogP contribution in [-0.2, 0) is 0 Å². The largest absolute Gasteiger partial charge is 0.507 e. The molecule has 3 heteroatoms. The van der Waals surface area contributed by atoms with Crippen molar-refractivity contribution in [2.75, 3.05) is 0 Å². The SMILES string of the molecule is Oc1[c]cc(Cl)c(F)c1. The van der Waals surface area contributed by atoms with Crippen molar-refractivity contribution < 1.29 is 9.50 Å². The lowest BCUT2D eigenvalue weighted by atomic mass is 10.3. The van der Waals surface area contributed by atoms with E-state index in [9.17, 15) is 4.39 Å². The van der Waals surface area contributed by atoms with Crippen LogP contribution in [0.3, 0.4) is 0 Å². The molecule has 0 saturated heterocycles. The molecule has 1 aromatic carbocycles. The van der Waals surface area contributed by atoms with Crippen LogP contribution < -0.4 is 0 Å². The van der Waals surface area contributed by atoms with Crippen LogP contribution in [0.2, 0.25) is 5.02 Å². The zero-order valence-corrected chi connectivity index (χ0v) is 5.11. The third-order valence-electron chi connectivity index (χ3n) is 0.838. The van der Waals surface area contributed by atoms with Crippen molar-refractivity contribution in [1.82, 2.24) is 0 Å². The molecule has 1 N–H and O–H groups in total. The lowest BCUT2D eigenvalue weighted by molar-refractivity contribution is 0.468. The fourth-order valence-corrected chi connectivity index (χ4v) is 0.546. The van der Waals surface area contributed by atoms with Crippen LogP contribution in [0.5, 0.6) is 5.75 Å². The average Bonchev–Trinajstić information content (AvgIpc) is 1.80. The van der Waals surface area contributed by atoms with Gasteiger partial charge in [-0.05, 0) is 6.07 Å². The second-order valence-electron chi connectivity index (χ2n) is 1.51. The van der Waals surface area contributed by atoms with Gasteiger partial charge in [0.25, 0.3) is 0 Å². The maximum Gasteiger partial charge on any atom is 0.145 e. The summed E-state index contributed by atoms with van der Waals surface area (Å²) in [5, 5.41) is 8.55. The normalized spacial score (nSPS) is 9.56. The molecule has 0 heterocycles. The van der Waals surface area contributed by atoms with E-state index < -0.39 is 5.82 Å². The smallest absolute Gasteiger partial charge is 0.145 e. The molecule has 0 amide bonds. The first-order valence-corrected chi connectivity index (χ1v) is 2.63. The molecule has 1 nitrogen and oxygen atoms in total. The van der Waals surface area contributed by atoms with Gasteiger partial charge in [-0.3, -0.25) is 0 Å². The van der Waals surface area contributed by atoms with E-state index in [-0.39, 0.29) is 10.8 Å². The van der Waals surface area contributed by atoms with Crippen molar-refractivity contribution in [3.8, 4) is 5.75 Å². The molecular weight excluding hydrogens is 143 g/mol. The van der Waals surface area contributed by atoms with Gasteiger partial charge in [-0.1, -0.05) is 11.6 Å². The molecule has 1 radical (unpaired) electrons. The van der Waals surface area contributed by atoms with Crippen LogP contribution in [-0.4, -0.2) is 5.11 Å². The topological polar surface area (TPSA) is 20.2 Å². The minimum absolute atomic E-state index is 0.0344. The highest BCUT2D eigenvalue weighted by molar-refractivity contribution is 6.30. The van der Waals surface area contributed by atoms with Crippen LogP contribution in [0.4, 0.5) is 4.39 Å². The van der Waals surface area contributed by atoms with Crippen molar-refractivity contribution >= 4 is 11.6 Å². The van der Waals surface area contributed by atoms with Gasteiger partial charge < -0.3 is 5.11 Å². The Morgan fingerprint density at radius 2 is 2.33 bits per heavy atom. The first kappa shape index (κ1) is 6.36. The monoisotopic (exact) mass is 145 g/mol. The Bertz CT molecular complexity index is 224. The van der Waals surface area contributed by atoms with E-state index in [0.29, 0.717) is 0 Å². The standard InChI is InChI=1S/C6H3ClFO/c7-5-2-1-4(9)3-6(5)8/h2-3,9H. The third-order valence-corrected chi connectivity index (χ3v) is 1.13. The summed E-state index contributed by atoms with van der Waals surface area (Å²) in [6.07, 6.45) is 0. The molecule has 9 heavy (non-hydrogen) atoms. The molecule has 0 aliphatic rings. The number of phenols is 1. The van der Waals surface area contributed by atoms with Crippen LogP contribution in [0.15, 0.2) is 12.1 Å². The lowest BCUT2D eigenvalue weighted by Crippen LogP contribution is -1.73. The Hall–Kier alpha value is -0.760. The number of phenolic OH excluding ortho intramolecular Hbond substituents is 1. The predicted octanol–water partition coefficient (Wildman–Crippen LogP) is 1.98. The van der Waals surface area contributed by atoms with Crippen LogP contribution in [0.1, 0.15) is 0 Å². The molecule has 0 aliphatic carbocycles. The van der Waals surface area contributed by atoms with Crippen LogP contribution in [0, 0.1) is 11.9 Å². The molecule has 1 rings (SSSR count). The Balaban J connectivity index is 3.17. The molecule has 0 aliphatic heterocycles. The second kappa shape index (κ2) is 2.23. The van der Waals surface area contributed by atoms with Gasteiger partial charge in [0.05, 0.1) is 5.02 Å². The highest BCUT2D eigenvalue weighted by Gasteiger charge is 1.97. The van der Waals surface area contributed by atoms with E-state index in [4.69, 9.17) is 16.7 Å². The Morgan fingerprint density at radius 1 is 1.67 bits per heavy atom. The molecule has 0 fully saturated rings. The second-order valence-corrected chi connectivity index (χ2v) is 1.92. The molecular formula is C6H3ClFO. The zero-order chi connectivity index (χ0) is 6.85. The van der Waals surface area contributed by atoms with E-state index in [1.165, 1.54) is 6.07 Å². The van der Waals surface area contributed by atoms with Gasteiger partial charge in [-0.25, -0.2) is 4.39 Å². The summed E-state index contributed by atoms with van der Waals surface area (Å²) < 4.78 is 12.3. The highest BCUT2D eigenvalue weighted by atomic mass is 35.5. The molecule has 0 saturated carbocycles. The van der Waals surface area contributed by atoms with Gasteiger partial charge in [0.15, 0.2) is 0 Å². The van der Waals surface area contributed by atoms with Crippen LogP contribution >= 0.6 is 11.6 Å². The minimum atomic E-state index is -0.632.